The molecule has 0 saturated carbocycles. The molecule has 6 nitrogen and oxygen atoms in total. The Balaban J connectivity index is 1.89. The van der Waals surface area contributed by atoms with Gasteiger partial charge in [0.05, 0.1) is 12.5 Å². The maximum Gasteiger partial charge on any atom is 0.306 e. The highest BCUT2D eigenvalue weighted by atomic mass is 16.5. The van der Waals surface area contributed by atoms with Gasteiger partial charge in [0.25, 0.3) is 5.91 Å². The second kappa shape index (κ2) is 7.79. The van der Waals surface area contributed by atoms with Crippen LogP contribution in [-0.2, 0) is 9.53 Å². The molecule has 0 radical (unpaired) electrons. The van der Waals surface area contributed by atoms with E-state index in [2.05, 4.69) is 0 Å². The van der Waals surface area contributed by atoms with Gasteiger partial charge >= 0.3 is 5.97 Å². The normalized spacial score (nSPS) is 15.6. The van der Waals surface area contributed by atoms with Crippen molar-refractivity contribution in [1.29, 1.82) is 0 Å². The van der Waals surface area contributed by atoms with Gasteiger partial charge in [-0.05, 0) is 37.1 Å². The number of aliphatic carboxylic acids is 1. The molecular weight excluding hydrogens is 286 g/mol. The van der Waals surface area contributed by atoms with Crippen LogP contribution in [0.5, 0.6) is 5.75 Å². The lowest BCUT2D eigenvalue weighted by Crippen LogP contribution is -2.40. The van der Waals surface area contributed by atoms with Crippen LogP contribution in [0.3, 0.4) is 0 Å². The number of hydrogen-bond donors (Lipinski definition) is 1. The zero-order chi connectivity index (χ0) is 15.9. The number of carbonyl (C=O) groups is 2. The number of amides is 1. The first kappa shape index (κ1) is 16.3. The zero-order valence-electron chi connectivity index (χ0n) is 12.7. The van der Waals surface area contributed by atoms with Gasteiger partial charge in [-0.25, -0.2) is 0 Å². The van der Waals surface area contributed by atoms with E-state index in [1.807, 2.05) is 0 Å². The second-order valence-corrected chi connectivity index (χ2v) is 5.27. The average molecular weight is 307 g/mol. The minimum atomic E-state index is -0.773. The summed E-state index contributed by atoms with van der Waals surface area (Å²) in [6, 6.07) is 6.97. The number of likely N-dealkylation sites (tertiary alicyclic amines) is 1. The van der Waals surface area contributed by atoms with Gasteiger partial charge in [0.15, 0.2) is 0 Å². The van der Waals surface area contributed by atoms with Crippen molar-refractivity contribution in [2.45, 2.75) is 12.8 Å². The monoisotopic (exact) mass is 307 g/mol. The molecule has 0 bridgehead atoms. The minimum absolute atomic E-state index is 0.0627. The fraction of sp³-hybridized carbons (Fsp3) is 0.500. The first-order valence-electron chi connectivity index (χ1n) is 7.35. The van der Waals surface area contributed by atoms with Gasteiger partial charge in [0, 0.05) is 25.8 Å². The van der Waals surface area contributed by atoms with Crippen LogP contribution >= 0.6 is 0 Å². The third kappa shape index (κ3) is 4.21. The van der Waals surface area contributed by atoms with E-state index in [1.54, 1.807) is 36.3 Å². The number of carboxylic acids is 1. The standard InChI is InChI=1S/C16H21NO5/c1-21-10-11-22-14-4-2-12(3-5-14)15(18)17-8-6-13(7-9-17)16(19)20/h2-5,13H,6-11H2,1H3,(H,19,20). The second-order valence-electron chi connectivity index (χ2n) is 5.27. The number of ether oxygens (including phenoxy) is 2. The Labute approximate surface area is 129 Å². The zero-order valence-corrected chi connectivity index (χ0v) is 12.7. The maximum absolute atomic E-state index is 12.4. The Bertz CT molecular complexity index is 506. The smallest absolute Gasteiger partial charge is 0.306 e. The first-order chi connectivity index (χ1) is 10.6. The molecule has 1 aliphatic heterocycles. The number of hydrogen-bond acceptors (Lipinski definition) is 4. The lowest BCUT2D eigenvalue weighted by molar-refractivity contribution is -0.143. The van der Waals surface area contributed by atoms with E-state index in [0.29, 0.717) is 50.5 Å². The third-order valence-corrected chi connectivity index (χ3v) is 3.79. The molecule has 0 aliphatic carbocycles. The number of methoxy groups -OCH3 is 1. The number of benzene rings is 1. The van der Waals surface area contributed by atoms with E-state index >= 15 is 0 Å². The SMILES string of the molecule is COCCOc1ccc(C(=O)N2CCC(C(=O)O)CC2)cc1. The molecule has 6 heteroatoms. The van der Waals surface area contributed by atoms with E-state index < -0.39 is 5.97 Å². The lowest BCUT2D eigenvalue weighted by Gasteiger charge is -2.30. The fourth-order valence-electron chi connectivity index (χ4n) is 2.45. The van der Waals surface area contributed by atoms with Crippen LogP contribution in [0.4, 0.5) is 0 Å². The quantitative estimate of drug-likeness (QED) is 0.809. The summed E-state index contributed by atoms with van der Waals surface area (Å²) in [6.45, 7) is 1.95. The molecule has 0 spiro atoms. The van der Waals surface area contributed by atoms with Gasteiger partial charge < -0.3 is 19.5 Å². The number of piperidine rings is 1. The van der Waals surface area contributed by atoms with Crippen LogP contribution < -0.4 is 4.74 Å². The van der Waals surface area contributed by atoms with Gasteiger partial charge in [-0.2, -0.15) is 0 Å². The predicted octanol–water partition coefficient (Wildman–Crippen LogP) is 1.65. The van der Waals surface area contributed by atoms with E-state index in [0.717, 1.165) is 0 Å². The summed E-state index contributed by atoms with van der Waals surface area (Å²) in [5, 5.41) is 8.97. The topological polar surface area (TPSA) is 76.1 Å². The molecule has 2 rings (SSSR count). The number of nitrogens with zero attached hydrogens (tertiary/aromatic N) is 1. The number of carboxylic acid groups (broad SMARTS) is 1. The maximum atomic E-state index is 12.4. The van der Waals surface area contributed by atoms with Crippen molar-refractivity contribution in [3.05, 3.63) is 29.8 Å². The van der Waals surface area contributed by atoms with Crippen LogP contribution in [0.2, 0.25) is 0 Å². The van der Waals surface area contributed by atoms with Gasteiger partial charge in [-0.1, -0.05) is 0 Å². The van der Waals surface area contributed by atoms with Crippen LogP contribution in [0, 0.1) is 5.92 Å². The van der Waals surface area contributed by atoms with Crippen LogP contribution in [-0.4, -0.2) is 55.3 Å². The van der Waals surface area contributed by atoms with E-state index in [1.165, 1.54) is 0 Å². The fourth-order valence-corrected chi connectivity index (χ4v) is 2.45. The lowest BCUT2D eigenvalue weighted by atomic mass is 9.96. The first-order valence-corrected chi connectivity index (χ1v) is 7.35. The summed E-state index contributed by atoms with van der Waals surface area (Å²) < 4.78 is 10.4. The van der Waals surface area contributed by atoms with Crippen LogP contribution in [0.25, 0.3) is 0 Å². The van der Waals surface area contributed by atoms with Gasteiger partial charge in [-0.15, -0.1) is 0 Å². The van der Waals surface area contributed by atoms with Crippen LogP contribution in [0.15, 0.2) is 24.3 Å². The average Bonchev–Trinajstić information content (AvgIpc) is 2.55. The van der Waals surface area contributed by atoms with Gasteiger partial charge in [0.2, 0.25) is 0 Å². The molecule has 1 heterocycles. The Morgan fingerprint density at radius 3 is 2.36 bits per heavy atom. The molecule has 0 aromatic heterocycles. The van der Waals surface area contributed by atoms with E-state index in [4.69, 9.17) is 14.6 Å². The van der Waals surface area contributed by atoms with Gasteiger partial charge in [-0.3, -0.25) is 9.59 Å². The highest BCUT2D eigenvalue weighted by Crippen LogP contribution is 2.20. The Hall–Kier alpha value is -2.08. The van der Waals surface area contributed by atoms with E-state index in [-0.39, 0.29) is 11.8 Å². The summed E-state index contributed by atoms with van der Waals surface area (Å²) >= 11 is 0. The molecule has 1 N–H and O–H groups in total. The Kier molecular flexibility index (Phi) is 5.77. The molecule has 1 aromatic rings. The third-order valence-electron chi connectivity index (χ3n) is 3.79. The summed E-state index contributed by atoms with van der Waals surface area (Å²) in [5.41, 5.74) is 0.591. The van der Waals surface area contributed by atoms with Gasteiger partial charge in [0.1, 0.15) is 12.4 Å². The molecule has 1 fully saturated rings. The highest BCUT2D eigenvalue weighted by Gasteiger charge is 2.27. The molecule has 22 heavy (non-hydrogen) atoms. The minimum Gasteiger partial charge on any atom is -0.491 e. The number of carbonyl (C=O) groups excluding carboxylic acids is 1. The molecule has 0 unspecified atom stereocenters. The van der Waals surface area contributed by atoms with Crippen molar-refractivity contribution in [2.75, 3.05) is 33.4 Å². The summed E-state index contributed by atoms with van der Waals surface area (Å²) in [4.78, 5) is 25.0. The molecule has 1 aliphatic rings. The van der Waals surface area contributed by atoms with Crippen molar-refractivity contribution in [1.82, 2.24) is 4.90 Å². The van der Waals surface area contributed by atoms with Crippen molar-refractivity contribution in [3.8, 4) is 5.75 Å². The Morgan fingerprint density at radius 1 is 1.18 bits per heavy atom. The molecule has 0 atom stereocenters. The number of rotatable bonds is 6. The molecule has 1 saturated heterocycles. The van der Waals surface area contributed by atoms with E-state index in [9.17, 15) is 9.59 Å². The summed E-state index contributed by atoms with van der Waals surface area (Å²) in [5.74, 6) is -0.476. The predicted molar refractivity (Wildman–Crippen MR) is 80.1 cm³/mol. The largest absolute Gasteiger partial charge is 0.491 e. The molecular formula is C16H21NO5. The Morgan fingerprint density at radius 2 is 1.82 bits per heavy atom. The molecule has 1 amide bonds. The van der Waals surface area contributed by atoms with Crippen molar-refractivity contribution < 1.29 is 24.2 Å². The van der Waals surface area contributed by atoms with Crippen molar-refractivity contribution in [3.63, 3.8) is 0 Å². The molecule has 120 valence electrons. The summed E-state index contributed by atoms with van der Waals surface area (Å²) in [7, 11) is 1.61. The highest BCUT2D eigenvalue weighted by molar-refractivity contribution is 5.94. The summed E-state index contributed by atoms with van der Waals surface area (Å²) in [6.07, 6.45) is 1.03. The van der Waals surface area contributed by atoms with Crippen molar-refractivity contribution in [2.24, 2.45) is 5.92 Å². The van der Waals surface area contributed by atoms with Crippen LogP contribution in [0.1, 0.15) is 23.2 Å². The molecule has 1 aromatic carbocycles. The van der Waals surface area contributed by atoms with Crippen molar-refractivity contribution >= 4 is 11.9 Å².